The molecule has 4 heteroatoms. The highest BCUT2D eigenvalue weighted by atomic mass is 32.2. The molecule has 4 rings (SSSR count). The molecule has 120 valence electrons. The number of sulfonamides is 1. The molecule has 1 fully saturated rings. The van der Waals surface area contributed by atoms with Crippen LogP contribution >= 0.6 is 0 Å². The van der Waals surface area contributed by atoms with Crippen LogP contribution in [0.2, 0.25) is 0 Å². The minimum absolute atomic E-state index is 0.0343. The molecule has 2 aromatic rings. The van der Waals surface area contributed by atoms with Crippen LogP contribution in [0.1, 0.15) is 36.0 Å². The monoisotopic (exact) mass is 327 g/mol. The number of hydrogen-bond acceptors (Lipinski definition) is 2. The van der Waals surface area contributed by atoms with Crippen molar-refractivity contribution in [2.24, 2.45) is 0 Å². The van der Waals surface area contributed by atoms with E-state index in [1.807, 2.05) is 25.1 Å². The van der Waals surface area contributed by atoms with E-state index in [0.29, 0.717) is 18.0 Å². The first-order chi connectivity index (χ1) is 11.0. The summed E-state index contributed by atoms with van der Waals surface area (Å²) in [6, 6.07) is 15.5. The molecule has 1 aliphatic heterocycles. The van der Waals surface area contributed by atoms with Crippen LogP contribution in [0, 0.1) is 6.92 Å². The lowest BCUT2D eigenvalue weighted by Crippen LogP contribution is -2.51. The van der Waals surface area contributed by atoms with Crippen LogP contribution in [0.15, 0.2) is 53.4 Å². The van der Waals surface area contributed by atoms with Gasteiger partial charge in [0.15, 0.2) is 0 Å². The van der Waals surface area contributed by atoms with Gasteiger partial charge in [0.1, 0.15) is 0 Å². The smallest absolute Gasteiger partial charge is 0.207 e. The summed E-state index contributed by atoms with van der Waals surface area (Å²) in [6.45, 7) is 3.06. The maximum atomic E-state index is 13.1. The third-order valence-corrected chi connectivity index (χ3v) is 7.19. The summed E-state index contributed by atoms with van der Waals surface area (Å²) in [4.78, 5) is 0.400. The maximum absolute atomic E-state index is 13.1. The molecule has 0 bridgehead atoms. The Morgan fingerprint density at radius 3 is 2.35 bits per heavy atom. The van der Waals surface area contributed by atoms with Gasteiger partial charge in [-0.15, -0.1) is 0 Å². The molecule has 0 N–H and O–H groups in total. The number of rotatable bonds is 2. The standard InChI is InChI=1S/C19H21NO2S/c1-15-7-9-17(10-8-15)23(21,22)20-13-16-5-2-3-6-18(16)19(14-20)11-4-12-19/h2-3,5-10H,4,11-14H2,1H3. The molecule has 0 aromatic heterocycles. The van der Waals surface area contributed by atoms with Gasteiger partial charge in [0.05, 0.1) is 4.90 Å². The van der Waals surface area contributed by atoms with E-state index in [1.165, 1.54) is 12.0 Å². The van der Waals surface area contributed by atoms with Crippen molar-refractivity contribution in [3.63, 3.8) is 0 Å². The van der Waals surface area contributed by atoms with Gasteiger partial charge in [0.25, 0.3) is 0 Å². The largest absolute Gasteiger partial charge is 0.243 e. The highest BCUT2D eigenvalue weighted by molar-refractivity contribution is 7.89. The molecule has 0 saturated heterocycles. The van der Waals surface area contributed by atoms with E-state index in [1.54, 1.807) is 16.4 Å². The van der Waals surface area contributed by atoms with E-state index in [4.69, 9.17) is 0 Å². The molecule has 0 unspecified atom stereocenters. The van der Waals surface area contributed by atoms with Crippen LogP contribution in [0.5, 0.6) is 0 Å². The Hall–Kier alpha value is -1.65. The lowest BCUT2D eigenvalue weighted by atomic mass is 9.62. The Kier molecular flexibility index (Phi) is 3.36. The van der Waals surface area contributed by atoms with Crippen molar-refractivity contribution in [1.82, 2.24) is 4.31 Å². The van der Waals surface area contributed by atoms with Crippen LogP contribution < -0.4 is 0 Å². The van der Waals surface area contributed by atoms with Gasteiger partial charge in [0, 0.05) is 18.5 Å². The molecular weight excluding hydrogens is 306 g/mol. The highest BCUT2D eigenvalue weighted by Gasteiger charge is 2.46. The Labute approximate surface area is 138 Å². The number of aryl methyl sites for hydroxylation is 1. The summed E-state index contributed by atoms with van der Waals surface area (Å²) in [5, 5.41) is 0. The summed E-state index contributed by atoms with van der Waals surface area (Å²) in [7, 11) is -3.44. The van der Waals surface area contributed by atoms with Gasteiger partial charge in [-0.2, -0.15) is 4.31 Å². The second-order valence-corrected chi connectivity index (χ2v) is 8.82. The molecule has 2 aromatic carbocycles. The predicted octanol–water partition coefficient (Wildman–Crippen LogP) is 3.62. The van der Waals surface area contributed by atoms with Gasteiger partial charge in [-0.3, -0.25) is 0 Å². The Balaban J connectivity index is 1.75. The summed E-state index contributed by atoms with van der Waals surface area (Å²) >= 11 is 0. The fourth-order valence-corrected chi connectivity index (χ4v) is 5.41. The topological polar surface area (TPSA) is 37.4 Å². The van der Waals surface area contributed by atoms with Crippen molar-refractivity contribution < 1.29 is 8.42 Å². The van der Waals surface area contributed by atoms with Gasteiger partial charge in [0.2, 0.25) is 10.0 Å². The van der Waals surface area contributed by atoms with E-state index in [-0.39, 0.29) is 5.41 Å². The lowest BCUT2D eigenvalue weighted by Gasteiger charge is -2.49. The van der Waals surface area contributed by atoms with E-state index < -0.39 is 10.0 Å². The predicted molar refractivity (Wildman–Crippen MR) is 90.7 cm³/mol. The van der Waals surface area contributed by atoms with Crippen molar-refractivity contribution in [3.8, 4) is 0 Å². The number of nitrogens with zero attached hydrogens (tertiary/aromatic N) is 1. The van der Waals surface area contributed by atoms with E-state index in [9.17, 15) is 8.42 Å². The SMILES string of the molecule is Cc1ccc(S(=O)(=O)N2Cc3ccccc3C3(CCC3)C2)cc1. The maximum Gasteiger partial charge on any atom is 0.243 e. The van der Waals surface area contributed by atoms with Crippen molar-refractivity contribution in [1.29, 1.82) is 0 Å². The molecule has 3 nitrogen and oxygen atoms in total. The fourth-order valence-electron chi connectivity index (χ4n) is 3.90. The van der Waals surface area contributed by atoms with Crippen LogP contribution in [-0.4, -0.2) is 19.3 Å². The van der Waals surface area contributed by atoms with Crippen molar-refractivity contribution in [2.45, 2.75) is 43.0 Å². The first kappa shape index (κ1) is 14.9. The molecule has 2 aliphatic rings. The first-order valence-corrected chi connectivity index (χ1v) is 9.61. The van der Waals surface area contributed by atoms with E-state index in [2.05, 4.69) is 18.2 Å². The summed E-state index contributed by atoms with van der Waals surface area (Å²) < 4.78 is 27.8. The number of hydrogen-bond donors (Lipinski definition) is 0. The zero-order valence-electron chi connectivity index (χ0n) is 13.3. The molecule has 1 aliphatic carbocycles. The summed E-state index contributed by atoms with van der Waals surface area (Å²) in [6.07, 6.45) is 3.36. The van der Waals surface area contributed by atoms with E-state index >= 15 is 0 Å². The third-order valence-electron chi connectivity index (χ3n) is 5.38. The van der Waals surface area contributed by atoms with Crippen molar-refractivity contribution in [3.05, 3.63) is 65.2 Å². The van der Waals surface area contributed by atoms with Gasteiger partial charge in [-0.25, -0.2) is 8.42 Å². The van der Waals surface area contributed by atoms with Gasteiger partial charge < -0.3 is 0 Å². The first-order valence-electron chi connectivity index (χ1n) is 8.17. The zero-order valence-corrected chi connectivity index (χ0v) is 14.1. The Morgan fingerprint density at radius 1 is 1.00 bits per heavy atom. The molecule has 0 atom stereocenters. The average Bonchev–Trinajstić information content (AvgIpc) is 2.52. The zero-order chi connectivity index (χ0) is 16.1. The fraction of sp³-hybridized carbons (Fsp3) is 0.368. The van der Waals surface area contributed by atoms with Crippen LogP contribution in [0.4, 0.5) is 0 Å². The third kappa shape index (κ3) is 2.32. The summed E-state index contributed by atoms with van der Waals surface area (Å²) in [5.74, 6) is 0. The quantitative estimate of drug-likeness (QED) is 0.845. The van der Waals surface area contributed by atoms with Gasteiger partial charge in [-0.05, 0) is 43.0 Å². The van der Waals surface area contributed by atoms with Crippen molar-refractivity contribution >= 4 is 10.0 Å². The lowest BCUT2D eigenvalue weighted by molar-refractivity contribution is 0.168. The minimum Gasteiger partial charge on any atom is -0.207 e. The van der Waals surface area contributed by atoms with Gasteiger partial charge in [-0.1, -0.05) is 48.4 Å². The molecule has 1 saturated carbocycles. The van der Waals surface area contributed by atoms with Crippen LogP contribution in [0.3, 0.4) is 0 Å². The molecule has 0 amide bonds. The molecule has 1 spiro atoms. The Bertz CT molecular complexity index is 836. The summed E-state index contributed by atoms with van der Waals surface area (Å²) in [5.41, 5.74) is 3.63. The second-order valence-electron chi connectivity index (χ2n) is 6.88. The normalized spacial score (nSPS) is 20.0. The molecule has 0 radical (unpaired) electrons. The van der Waals surface area contributed by atoms with Crippen molar-refractivity contribution in [2.75, 3.05) is 6.54 Å². The molecular formula is C19H21NO2S. The van der Waals surface area contributed by atoms with E-state index in [0.717, 1.165) is 24.0 Å². The minimum atomic E-state index is -3.44. The number of fused-ring (bicyclic) bond motifs is 2. The average molecular weight is 327 g/mol. The van der Waals surface area contributed by atoms with Crippen LogP contribution in [-0.2, 0) is 22.0 Å². The second kappa shape index (κ2) is 5.18. The molecule has 23 heavy (non-hydrogen) atoms. The molecule has 1 heterocycles. The number of benzene rings is 2. The Morgan fingerprint density at radius 2 is 1.70 bits per heavy atom. The van der Waals surface area contributed by atoms with Gasteiger partial charge >= 0.3 is 0 Å². The van der Waals surface area contributed by atoms with Crippen LogP contribution in [0.25, 0.3) is 0 Å². The highest BCUT2D eigenvalue weighted by Crippen LogP contribution is 2.49.